The van der Waals surface area contributed by atoms with E-state index in [4.69, 9.17) is 21.8 Å². The van der Waals surface area contributed by atoms with Crippen LogP contribution in [-0.2, 0) is 5.41 Å². The lowest BCUT2D eigenvalue weighted by Gasteiger charge is -2.32. The Hall–Kier alpha value is -1.06. The molecule has 0 aliphatic heterocycles. The van der Waals surface area contributed by atoms with Gasteiger partial charge in [-0.2, -0.15) is 0 Å². The van der Waals surface area contributed by atoms with Gasteiger partial charge in [0.05, 0.1) is 10.4 Å². The summed E-state index contributed by atoms with van der Waals surface area (Å²) in [6.07, 6.45) is 5.80. The Bertz CT molecular complexity index is 558. The Kier molecular flexibility index (Phi) is 3.04. The van der Waals surface area contributed by atoms with E-state index in [1.807, 2.05) is 18.2 Å². The fourth-order valence-corrected chi connectivity index (χ4v) is 3.08. The van der Waals surface area contributed by atoms with Crippen LogP contribution in [0.5, 0.6) is 0 Å². The molecule has 0 radical (unpaired) electrons. The van der Waals surface area contributed by atoms with Gasteiger partial charge in [0, 0.05) is 6.54 Å². The van der Waals surface area contributed by atoms with E-state index in [1.165, 1.54) is 19.3 Å². The molecular formula is C14H17ClN2O. The van der Waals surface area contributed by atoms with Gasteiger partial charge in [-0.25, -0.2) is 4.98 Å². The second-order valence-corrected chi connectivity index (χ2v) is 5.56. The monoisotopic (exact) mass is 264 g/mol. The molecule has 18 heavy (non-hydrogen) atoms. The first-order valence-electron chi connectivity index (χ1n) is 6.51. The minimum absolute atomic E-state index is 0.0827. The molecule has 1 aromatic heterocycles. The molecule has 0 saturated heterocycles. The van der Waals surface area contributed by atoms with Crippen LogP contribution in [0.3, 0.4) is 0 Å². The number of nitrogens with zero attached hydrogens (tertiary/aromatic N) is 1. The van der Waals surface area contributed by atoms with Crippen LogP contribution in [0.15, 0.2) is 22.6 Å². The number of aromatic nitrogens is 1. The van der Waals surface area contributed by atoms with Gasteiger partial charge in [-0.1, -0.05) is 36.9 Å². The molecule has 0 amide bonds. The third-order valence-electron chi connectivity index (χ3n) is 4.02. The molecule has 0 spiro atoms. The Morgan fingerprint density at radius 2 is 2.06 bits per heavy atom. The fraction of sp³-hybridized carbons (Fsp3) is 0.500. The number of hydrogen-bond donors (Lipinski definition) is 1. The Morgan fingerprint density at radius 1 is 1.28 bits per heavy atom. The highest BCUT2D eigenvalue weighted by atomic mass is 35.5. The molecule has 1 fully saturated rings. The highest BCUT2D eigenvalue weighted by Crippen LogP contribution is 2.40. The smallest absolute Gasteiger partial charge is 0.203 e. The van der Waals surface area contributed by atoms with Crippen molar-refractivity contribution in [1.82, 2.24) is 4.98 Å². The van der Waals surface area contributed by atoms with Crippen LogP contribution in [0.25, 0.3) is 11.1 Å². The second-order valence-electron chi connectivity index (χ2n) is 5.15. The molecule has 0 atom stereocenters. The summed E-state index contributed by atoms with van der Waals surface area (Å²) in [5.74, 6) is 0.771. The van der Waals surface area contributed by atoms with Gasteiger partial charge in [-0.15, -0.1) is 0 Å². The summed E-state index contributed by atoms with van der Waals surface area (Å²) >= 11 is 6.13. The first-order chi connectivity index (χ1) is 8.75. The third kappa shape index (κ3) is 1.82. The number of nitrogens with two attached hydrogens (primary N) is 1. The van der Waals surface area contributed by atoms with E-state index in [-0.39, 0.29) is 5.41 Å². The van der Waals surface area contributed by atoms with Crippen molar-refractivity contribution in [3.63, 3.8) is 0 Å². The van der Waals surface area contributed by atoms with Crippen molar-refractivity contribution in [3.8, 4) is 0 Å². The average molecular weight is 265 g/mol. The van der Waals surface area contributed by atoms with Gasteiger partial charge in [-0.3, -0.25) is 0 Å². The van der Waals surface area contributed by atoms with Crippen molar-refractivity contribution in [2.24, 2.45) is 5.73 Å². The zero-order valence-corrected chi connectivity index (χ0v) is 11.0. The van der Waals surface area contributed by atoms with Gasteiger partial charge in [0.25, 0.3) is 0 Å². The number of rotatable bonds is 2. The van der Waals surface area contributed by atoms with Crippen LogP contribution in [0.1, 0.15) is 38.0 Å². The van der Waals surface area contributed by atoms with Crippen molar-refractivity contribution in [3.05, 3.63) is 29.1 Å². The molecule has 4 heteroatoms. The summed E-state index contributed by atoms with van der Waals surface area (Å²) in [5, 5.41) is 0.620. The van der Waals surface area contributed by atoms with Gasteiger partial charge in [0.15, 0.2) is 5.58 Å². The minimum atomic E-state index is -0.0827. The van der Waals surface area contributed by atoms with E-state index in [9.17, 15) is 0 Å². The van der Waals surface area contributed by atoms with Crippen LogP contribution in [0, 0.1) is 0 Å². The molecule has 1 aliphatic rings. The maximum atomic E-state index is 6.13. The SMILES string of the molecule is NCC1(c2nc3cccc(Cl)c3o2)CCCCC1. The molecule has 3 rings (SSSR count). The van der Waals surface area contributed by atoms with Crippen LogP contribution < -0.4 is 5.73 Å². The molecular weight excluding hydrogens is 248 g/mol. The van der Waals surface area contributed by atoms with Gasteiger partial charge in [-0.05, 0) is 25.0 Å². The largest absolute Gasteiger partial charge is 0.438 e. The highest BCUT2D eigenvalue weighted by molar-refractivity contribution is 6.34. The Labute approximate surface area is 111 Å². The molecule has 3 nitrogen and oxygen atoms in total. The number of halogens is 1. The second kappa shape index (κ2) is 4.56. The van der Waals surface area contributed by atoms with Gasteiger partial charge in [0.2, 0.25) is 5.89 Å². The average Bonchev–Trinajstić information content (AvgIpc) is 2.85. The van der Waals surface area contributed by atoms with Gasteiger partial charge >= 0.3 is 0 Å². The molecule has 0 unspecified atom stereocenters. The van der Waals surface area contributed by atoms with Crippen molar-refractivity contribution >= 4 is 22.7 Å². The summed E-state index contributed by atoms with van der Waals surface area (Å²) in [7, 11) is 0. The Balaban J connectivity index is 2.09. The summed E-state index contributed by atoms with van der Waals surface area (Å²) in [4.78, 5) is 4.61. The zero-order chi connectivity index (χ0) is 12.6. The number of oxazole rings is 1. The molecule has 96 valence electrons. The van der Waals surface area contributed by atoms with Gasteiger partial charge in [0.1, 0.15) is 5.52 Å². The normalized spacial score (nSPS) is 19.2. The molecule has 2 aromatic rings. The third-order valence-corrected chi connectivity index (χ3v) is 4.32. The van der Waals surface area contributed by atoms with E-state index in [2.05, 4.69) is 4.98 Å². The number of hydrogen-bond acceptors (Lipinski definition) is 3. The lowest BCUT2D eigenvalue weighted by Crippen LogP contribution is -2.37. The van der Waals surface area contributed by atoms with E-state index >= 15 is 0 Å². The molecule has 2 N–H and O–H groups in total. The van der Waals surface area contributed by atoms with Gasteiger partial charge < -0.3 is 10.2 Å². The first-order valence-corrected chi connectivity index (χ1v) is 6.89. The number of fused-ring (bicyclic) bond motifs is 1. The van der Waals surface area contributed by atoms with Crippen LogP contribution in [0.4, 0.5) is 0 Å². The fourth-order valence-electron chi connectivity index (χ4n) is 2.88. The van der Waals surface area contributed by atoms with E-state index in [0.717, 1.165) is 24.2 Å². The first kappa shape index (κ1) is 12.0. The quantitative estimate of drug-likeness (QED) is 0.901. The van der Waals surface area contributed by atoms with Crippen LogP contribution >= 0.6 is 11.6 Å². The lowest BCUT2D eigenvalue weighted by molar-refractivity contribution is 0.247. The van der Waals surface area contributed by atoms with Crippen LogP contribution in [0.2, 0.25) is 5.02 Å². The number of benzene rings is 1. The minimum Gasteiger partial charge on any atom is -0.438 e. The summed E-state index contributed by atoms with van der Waals surface area (Å²) < 4.78 is 5.91. The topological polar surface area (TPSA) is 52.0 Å². The van der Waals surface area contributed by atoms with E-state index in [1.54, 1.807) is 0 Å². The maximum Gasteiger partial charge on any atom is 0.203 e. The molecule has 1 aromatic carbocycles. The van der Waals surface area contributed by atoms with Crippen molar-refractivity contribution < 1.29 is 4.42 Å². The van der Waals surface area contributed by atoms with E-state index < -0.39 is 0 Å². The molecule has 0 bridgehead atoms. The highest BCUT2D eigenvalue weighted by Gasteiger charge is 2.37. The predicted octanol–water partition coefficient (Wildman–Crippen LogP) is 3.64. The van der Waals surface area contributed by atoms with E-state index in [0.29, 0.717) is 17.2 Å². The van der Waals surface area contributed by atoms with Crippen molar-refractivity contribution in [2.75, 3.05) is 6.54 Å². The zero-order valence-electron chi connectivity index (χ0n) is 10.3. The molecule has 1 heterocycles. The summed E-state index contributed by atoms with van der Waals surface area (Å²) in [6, 6.07) is 5.66. The summed E-state index contributed by atoms with van der Waals surface area (Å²) in [5.41, 5.74) is 7.43. The predicted molar refractivity (Wildman–Crippen MR) is 72.8 cm³/mol. The van der Waals surface area contributed by atoms with Crippen LogP contribution in [-0.4, -0.2) is 11.5 Å². The Morgan fingerprint density at radius 3 is 2.72 bits per heavy atom. The molecule has 1 aliphatic carbocycles. The maximum absolute atomic E-state index is 6.13. The van der Waals surface area contributed by atoms with Crippen molar-refractivity contribution in [1.29, 1.82) is 0 Å². The van der Waals surface area contributed by atoms with Crippen molar-refractivity contribution in [2.45, 2.75) is 37.5 Å². The summed E-state index contributed by atoms with van der Waals surface area (Å²) in [6.45, 7) is 0.595. The standard InChI is InChI=1S/C14H17ClN2O/c15-10-5-4-6-11-12(10)18-13(17-11)14(9-16)7-2-1-3-8-14/h4-6H,1-3,7-9,16H2. The lowest BCUT2D eigenvalue weighted by atomic mass is 9.74. The molecule has 1 saturated carbocycles. The number of para-hydroxylation sites is 1.